The van der Waals surface area contributed by atoms with Gasteiger partial charge in [0, 0.05) is 44.8 Å². The second kappa shape index (κ2) is 11.0. The van der Waals surface area contributed by atoms with Gasteiger partial charge in [-0.1, -0.05) is 102 Å². The number of pyridine rings is 1. The number of benzene rings is 4. The molecule has 33 heavy (non-hydrogen) atoms. The number of halogens is 1. The first-order valence-electron chi connectivity index (χ1n) is 10.4. The van der Waals surface area contributed by atoms with E-state index in [1.165, 1.54) is 15.9 Å². The minimum absolute atomic E-state index is 0. The van der Waals surface area contributed by atoms with Gasteiger partial charge in [0.2, 0.25) is 0 Å². The molecular formula is C29H19AuClNP. The van der Waals surface area contributed by atoms with Crippen molar-refractivity contribution in [2.24, 2.45) is 0 Å². The Morgan fingerprint density at radius 1 is 0.606 bits per heavy atom. The quantitative estimate of drug-likeness (QED) is 0.133. The molecule has 4 aromatic carbocycles. The van der Waals surface area contributed by atoms with Crippen LogP contribution in [-0.2, 0) is 22.4 Å². The summed E-state index contributed by atoms with van der Waals surface area (Å²) >= 11 is 6.36. The van der Waals surface area contributed by atoms with Gasteiger partial charge in [-0.15, -0.1) is 0 Å². The molecule has 5 aromatic rings. The Morgan fingerprint density at radius 2 is 1.21 bits per heavy atom. The zero-order chi connectivity index (χ0) is 21.8. The Morgan fingerprint density at radius 3 is 1.91 bits per heavy atom. The topological polar surface area (TPSA) is 12.9 Å². The average Bonchev–Trinajstić information content (AvgIpc) is 2.86. The smallest absolute Gasteiger partial charge is 0.0873 e. The molecule has 4 heteroatoms. The molecule has 163 valence electrons. The van der Waals surface area contributed by atoms with Crippen molar-refractivity contribution in [1.82, 2.24) is 4.98 Å². The summed E-state index contributed by atoms with van der Waals surface area (Å²) in [6.07, 6.45) is 1.78. The van der Waals surface area contributed by atoms with Gasteiger partial charge in [-0.2, -0.15) is 0 Å². The minimum atomic E-state index is -0.726. The molecule has 0 atom stereocenters. The second-order valence-corrected chi connectivity index (χ2v) is 9.86. The predicted octanol–water partition coefficient (Wildman–Crippen LogP) is 6.04. The SMILES string of the molecule is Clc1ccc(C#Cc2ccccc2P(c2ccccc2)c2ccccc2)c2ncccc12.[Au]. The Balaban J connectivity index is 0.00000259. The van der Waals surface area contributed by atoms with Gasteiger partial charge in [0.25, 0.3) is 0 Å². The molecule has 0 bridgehead atoms. The summed E-state index contributed by atoms with van der Waals surface area (Å²) in [7, 11) is -0.726. The average molecular weight is 645 g/mol. The monoisotopic (exact) mass is 644 g/mol. The molecule has 0 spiro atoms. The molecule has 0 fully saturated rings. The number of fused-ring (bicyclic) bond motifs is 1. The van der Waals surface area contributed by atoms with Gasteiger partial charge < -0.3 is 0 Å². The predicted molar refractivity (Wildman–Crippen MR) is 138 cm³/mol. The second-order valence-electron chi connectivity index (χ2n) is 7.27. The van der Waals surface area contributed by atoms with E-state index >= 15 is 0 Å². The van der Waals surface area contributed by atoms with Crippen molar-refractivity contribution in [3.05, 3.63) is 132 Å². The van der Waals surface area contributed by atoms with Crippen molar-refractivity contribution in [3.8, 4) is 11.8 Å². The Hall–Kier alpha value is -2.69. The van der Waals surface area contributed by atoms with Crippen LogP contribution in [0.3, 0.4) is 0 Å². The Labute approximate surface area is 216 Å². The molecule has 0 unspecified atom stereocenters. The maximum absolute atomic E-state index is 6.36. The number of aromatic nitrogens is 1. The maximum atomic E-state index is 6.36. The van der Waals surface area contributed by atoms with Gasteiger partial charge in [-0.25, -0.2) is 0 Å². The molecule has 0 aliphatic heterocycles. The molecular weight excluding hydrogens is 626 g/mol. The van der Waals surface area contributed by atoms with Crippen molar-refractivity contribution >= 4 is 46.3 Å². The maximum Gasteiger partial charge on any atom is 0.0873 e. The fraction of sp³-hybridized carbons (Fsp3) is 0. The van der Waals surface area contributed by atoms with E-state index in [2.05, 4.69) is 102 Å². The molecule has 1 radical (unpaired) electrons. The van der Waals surface area contributed by atoms with Crippen molar-refractivity contribution in [2.45, 2.75) is 0 Å². The van der Waals surface area contributed by atoms with Crippen molar-refractivity contribution in [2.75, 3.05) is 0 Å². The van der Waals surface area contributed by atoms with Gasteiger partial charge >= 0.3 is 0 Å². The van der Waals surface area contributed by atoms with E-state index in [0.717, 1.165) is 22.0 Å². The summed E-state index contributed by atoms with van der Waals surface area (Å²) in [5.41, 5.74) is 2.74. The van der Waals surface area contributed by atoms with Crippen LogP contribution in [0.2, 0.25) is 5.02 Å². The molecule has 0 amide bonds. The van der Waals surface area contributed by atoms with Crippen LogP contribution in [0.15, 0.2) is 115 Å². The molecule has 1 heterocycles. The molecule has 0 saturated heterocycles. The van der Waals surface area contributed by atoms with Crippen LogP contribution in [0.4, 0.5) is 0 Å². The van der Waals surface area contributed by atoms with Crippen LogP contribution in [0.1, 0.15) is 11.1 Å². The summed E-state index contributed by atoms with van der Waals surface area (Å²) in [4.78, 5) is 4.52. The molecule has 1 aromatic heterocycles. The first kappa shape index (κ1) is 23.5. The molecule has 0 saturated carbocycles. The van der Waals surface area contributed by atoms with Gasteiger partial charge in [0.15, 0.2) is 0 Å². The molecule has 1 nitrogen and oxygen atoms in total. The molecule has 0 N–H and O–H groups in total. The van der Waals surface area contributed by atoms with E-state index in [9.17, 15) is 0 Å². The first-order chi connectivity index (χ1) is 15.8. The van der Waals surface area contributed by atoms with Crippen LogP contribution in [0.5, 0.6) is 0 Å². The van der Waals surface area contributed by atoms with Gasteiger partial charge in [0.05, 0.1) is 16.1 Å². The van der Waals surface area contributed by atoms with Crippen LogP contribution >= 0.6 is 19.5 Å². The Kier molecular flexibility index (Phi) is 7.79. The normalized spacial score (nSPS) is 10.4. The Bertz CT molecular complexity index is 1400. The molecule has 5 rings (SSSR count). The van der Waals surface area contributed by atoms with E-state index in [-0.39, 0.29) is 22.4 Å². The van der Waals surface area contributed by atoms with E-state index in [1.54, 1.807) is 6.20 Å². The fourth-order valence-electron chi connectivity index (χ4n) is 3.73. The number of rotatable bonds is 3. The largest absolute Gasteiger partial charge is 0.255 e. The third kappa shape index (κ3) is 5.13. The van der Waals surface area contributed by atoms with E-state index in [0.29, 0.717) is 5.02 Å². The van der Waals surface area contributed by atoms with Crippen molar-refractivity contribution in [3.63, 3.8) is 0 Å². The van der Waals surface area contributed by atoms with E-state index in [1.807, 2.05) is 24.3 Å². The number of nitrogens with zero attached hydrogens (tertiary/aromatic N) is 1. The van der Waals surface area contributed by atoms with Crippen LogP contribution in [0, 0.1) is 11.8 Å². The fourth-order valence-corrected chi connectivity index (χ4v) is 6.35. The zero-order valence-corrected chi connectivity index (χ0v) is 21.4. The van der Waals surface area contributed by atoms with E-state index in [4.69, 9.17) is 11.6 Å². The summed E-state index contributed by atoms with van der Waals surface area (Å²) in [6, 6.07) is 37.5. The zero-order valence-electron chi connectivity index (χ0n) is 17.5. The summed E-state index contributed by atoms with van der Waals surface area (Å²) < 4.78 is 0. The van der Waals surface area contributed by atoms with Gasteiger partial charge in [0.1, 0.15) is 0 Å². The summed E-state index contributed by atoms with van der Waals surface area (Å²) in [5.74, 6) is 6.81. The number of hydrogen-bond acceptors (Lipinski definition) is 1. The molecule has 0 aliphatic carbocycles. The van der Waals surface area contributed by atoms with Gasteiger partial charge in [-0.05, 0) is 48.9 Å². The summed E-state index contributed by atoms with van der Waals surface area (Å²) in [6.45, 7) is 0. The van der Waals surface area contributed by atoms with E-state index < -0.39 is 7.92 Å². The van der Waals surface area contributed by atoms with Gasteiger partial charge in [-0.3, -0.25) is 4.98 Å². The molecule has 0 aliphatic rings. The number of hydrogen-bond donors (Lipinski definition) is 0. The van der Waals surface area contributed by atoms with Crippen molar-refractivity contribution < 1.29 is 22.4 Å². The standard InChI is InChI=1S/C29H19ClNP.Au/c30-27-20-19-23(29-26(27)15-9-21-31-29)18-17-22-10-7-8-16-28(22)32(24-11-3-1-4-12-24)25-13-5-2-6-14-25;/h1-16,19-21H;. The first-order valence-corrected chi connectivity index (χ1v) is 12.1. The minimum Gasteiger partial charge on any atom is -0.255 e. The third-order valence-electron chi connectivity index (χ3n) is 5.22. The van der Waals surface area contributed by atoms with Crippen LogP contribution < -0.4 is 15.9 Å². The summed E-state index contributed by atoms with van der Waals surface area (Å²) in [5, 5.41) is 5.47. The van der Waals surface area contributed by atoms with Crippen LogP contribution in [-0.4, -0.2) is 4.98 Å². The van der Waals surface area contributed by atoms with Crippen LogP contribution in [0.25, 0.3) is 10.9 Å². The van der Waals surface area contributed by atoms with Crippen molar-refractivity contribution in [1.29, 1.82) is 0 Å². The third-order valence-corrected chi connectivity index (χ3v) is 8.05.